The minimum Gasteiger partial charge on any atom is -0.456 e. The Bertz CT molecular complexity index is 3200. The number of benzene rings is 9. The minimum atomic E-state index is 0.603. The molecule has 0 saturated carbocycles. The first-order valence-corrected chi connectivity index (χ1v) is 18.5. The minimum absolute atomic E-state index is 0.603. The maximum Gasteiger partial charge on any atom is 0.227 e. The predicted molar refractivity (Wildman–Crippen MR) is 227 cm³/mol. The summed E-state index contributed by atoms with van der Waals surface area (Å²) in [5.74, 6) is 0.603. The predicted octanol–water partition coefficient (Wildman–Crippen LogP) is 14.5. The van der Waals surface area contributed by atoms with Gasteiger partial charge in [0.1, 0.15) is 16.7 Å². The zero-order chi connectivity index (χ0) is 36.3. The third kappa shape index (κ3) is 5.43. The van der Waals surface area contributed by atoms with Crippen LogP contribution in [0.4, 0.5) is 17.1 Å². The third-order valence-electron chi connectivity index (χ3n) is 10.7. The molecule has 0 aliphatic carbocycles. The van der Waals surface area contributed by atoms with E-state index in [9.17, 15) is 0 Å². The SMILES string of the molecule is c1ccc(-c2cccc(N(c3ccc(-c4ccc5oc6cc7oc(-c8ccccc8)nc7cc6c5c4)cc3)c3ccc4c(ccc5ccccc54)c3)c2)cc1. The quantitative estimate of drug-likeness (QED) is 0.162. The van der Waals surface area contributed by atoms with Crippen LogP contribution in [0.5, 0.6) is 0 Å². The molecule has 0 bridgehead atoms. The van der Waals surface area contributed by atoms with Crippen molar-refractivity contribution in [2.75, 3.05) is 4.90 Å². The maximum atomic E-state index is 6.32. The fourth-order valence-corrected chi connectivity index (χ4v) is 7.93. The Kier molecular flexibility index (Phi) is 7.14. The van der Waals surface area contributed by atoms with Crippen LogP contribution >= 0.6 is 0 Å². The van der Waals surface area contributed by atoms with E-state index in [2.05, 4.69) is 163 Å². The first kappa shape index (κ1) is 31.1. The smallest absolute Gasteiger partial charge is 0.227 e. The molecule has 0 saturated heterocycles. The van der Waals surface area contributed by atoms with Gasteiger partial charge in [-0.05, 0) is 111 Å². The lowest BCUT2D eigenvalue weighted by Gasteiger charge is -2.27. The highest BCUT2D eigenvalue weighted by molar-refractivity contribution is 6.10. The number of anilines is 3. The maximum absolute atomic E-state index is 6.32. The van der Waals surface area contributed by atoms with Gasteiger partial charge in [0.05, 0.1) is 0 Å². The largest absolute Gasteiger partial charge is 0.456 e. The van der Waals surface area contributed by atoms with E-state index in [1.54, 1.807) is 0 Å². The summed E-state index contributed by atoms with van der Waals surface area (Å²) in [5, 5.41) is 7.03. The van der Waals surface area contributed by atoms with Crippen molar-refractivity contribution >= 4 is 71.6 Å². The molecule has 0 aliphatic heterocycles. The van der Waals surface area contributed by atoms with Crippen molar-refractivity contribution < 1.29 is 8.83 Å². The second kappa shape index (κ2) is 12.6. The summed E-state index contributed by atoms with van der Waals surface area (Å²) < 4.78 is 12.5. The first-order valence-electron chi connectivity index (χ1n) is 18.5. The topological polar surface area (TPSA) is 42.4 Å². The number of oxazole rings is 1. The van der Waals surface area contributed by atoms with E-state index >= 15 is 0 Å². The van der Waals surface area contributed by atoms with Gasteiger partial charge in [0, 0.05) is 39.5 Å². The molecule has 2 aromatic heterocycles. The molecule has 0 radical (unpaired) electrons. The van der Waals surface area contributed by atoms with E-state index < -0.39 is 0 Å². The molecule has 11 aromatic rings. The Morgan fingerprint density at radius 3 is 1.82 bits per heavy atom. The fourth-order valence-electron chi connectivity index (χ4n) is 7.93. The number of hydrogen-bond donors (Lipinski definition) is 0. The Morgan fingerprint density at radius 2 is 0.964 bits per heavy atom. The molecule has 0 atom stereocenters. The zero-order valence-corrected chi connectivity index (χ0v) is 29.7. The molecule has 0 N–H and O–H groups in total. The Hall–Kier alpha value is -7.43. The Labute approximate surface area is 317 Å². The van der Waals surface area contributed by atoms with Gasteiger partial charge in [0.15, 0.2) is 5.58 Å². The lowest BCUT2D eigenvalue weighted by atomic mass is 10.00. The number of aromatic nitrogens is 1. The molecule has 0 fully saturated rings. The van der Waals surface area contributed by atoms with Crippen LogP contribution in [0, 0.1) is 0 Å². The molecule has 4 nitrogen and oxygen atoms in total. The average molecular weight is 705 g/mol. The van der Waals surface area contributed by atoms with Crippen molar-refractivity contribution in [1.82, 2.24) is 4.98 Å². The number of nitrogens with zero attached hydrogens (tertiary/aromatic N) is 2. The highest BCUT2D eigenvalue weighted by Gasteiger charge is 2.17. The van der Waals surface area contributed by atoms with Crippen LogP contribution < -0.4 is 4.90 Å². The summed E-state index contributed by atoms with van der Waals surface area (Å²) in [4.78, 5) is 7.17. The van der Waals surface area contributed by atoms with Crippen molar-refractivity contribution in [3.63, 3.8) is 0 Å². The summed E-state index contributed by atoms with van der Waals surface area (Å²) in [7, 11) is 0. The third-order valence-corrected chi connectivity index (χ3v) is 10.7. The Balaban J connectivity index is 0.995. The molecule has 0 amide bonds. The summed E-state index contributed by atoms with van der Waals surface area (Å²) >= 11 is 0. The van der Waals surface area contributed by atoms with Gasteiger partial charge >= 0.3 is 0 Å². The van der Waals surface area contributed by atoms with Gasteiger partial charge in [-0.1, -0.05) is 121 Å². The van der Waals surface area contributed by atoms with Crippen molar-refractivity contribution in [3.05, 3.63) is 194 Å². The molecule has 2 heterocycles. The van der Waals surface area contributed by atoms with Gasteiger partial charge < -0.3 is 13.7 Å². The Morgan fingerprint density at radius 1 is 0.327 bits per heavy atom. The van der Waals surface area contributed by atoms with Crippen LogP contribution in [0.3, 0.4) is 0 Å². The number of rotatable bonds is 6. The molecule has 0 aliphatic rings. The summed E-state index contributed by atoms with van der Waals surface area (Å²) in [6.45, 7) is 0. The van der Waals surface area contributed by atoms with Crippen molar-refractivity contribution in [1.29, 1.82) is 0 Å². The molecule has 0 unspecified atom stereocenters. The van der Waals surface area contributed by atoms with Crippen LogP contribution in [0.1, 0.15) is 0 Å². The van der Waals surface area contributed by atoms with Crippen molar-refractivity contribution in [3.8, 4) is 33.7 Å². The molecule has 258 valence electrons. The summed E-state index contributed by atoms with van der Waals surface area (Å²) in [5.41, 5.74) is 11.9. The molecule has 55 heavy (non-hydrogen) atoms. The number of fused-ring (bicyclic) bond motifs is 7. The monoisotopic (exact) mass is 704 g/mol. The normalized spacial score (nSPS) is 11.6. The highest BCUT2D eigenvalue weighted by Crippen LogP contribution is 2.41. The molecule has 4 heteroatoms. The fraction of sp³-hybridized carbons (Fsp3) is 0. The van der Waals surface area contributed by atoms with Crippen LogP contribution in [-0.2, 0) is 0 Å². The molecular weight excluding hydrogens is 673 g/mol. The van der Waals surface area contributed by atoms with Gasteiger partial charge in [-0.3, -0.25) is 0 Å². The van der Waals surface area contributed by atoms with E-state index in [-0.39, 0.29) is 0 Å². The van der Waals surface area contributed by atoms with Crippen LogP contribution in [0.25, 0.3) is 88.3 Å². The highest BCUT2D eigenvalue weighted by atomic mass is 16.4. The van der Waals surface area contributed by atoms with Gasteiger partial charge in [-0.2, -0.15) is 0 Å². The molecule has 9 aromatic carbocycles. The van der Waals surface area contributed by atoms with Crippen molar-refractivity contribution in [2.24, 2.45) is 0 Å². The standard InChI is InChI=1S/C51H32N2O2/c1-3-10-33(11-4-1)37-15-9-16-41(28-37)53(42-25-26-44-39(29-42)19-18-35-12-7-8-17-43(35)44)40-23-20-34(21-24-40)38-22-27-48-45(30-38)46-31-47-50(32-49(46)54-48)55-51(52-47)36-13-5-2-6-14-36/h1-32H. The lowest BCUT2D eigenvalue weighted by Crippen LogP contribution is -2.10. The van der Waals surface area contributed by atoms with Crippen LogP contribution in [0.2, 0.25) is 0 Å². The molecule has 0 spiro atoms. The van der Waals surface area contributed by atoms with E-state index in [1.165, 1.54) is 32.7 Å². The van der Waals surface area contributed by atoms with E-state index in [4.69, 9.17) is 13.8 Å². The van der Waals surface area contributed by atoms with E-state index in [0.29, 0.717) is 11.5 Å². The van der Waals surface area contributed by atoms with Crippen LogP contribution in [-0.4, -0.2) is 4.98 Å². The van der Waals surface area contributed by atoms with Crippen LogP contribution in [0.15, 0.2) is 203 Å². The van der Waals surface area contributed by atoms with Gasteiger partial charge in [0.2, 0.25) is 5.89 Å². The second-order valence-electron chi connectivity index (χ2n) is 14.0. The number of furan rings is 1. The first-order chi connectivity index (χ1) is 27.2. The van der Waals surface area contributed by atoms with Gasteiger partial charge in [-0.15, -0.1) is 0 Å². The second-order valence-corrected chi connectivity index (χ2v) is 14.0. The summed E-state index contributed by atoms with van der Waals surface area (Å²) in [6, 6.07) is 68.5. The summed E-state index contributed by atoms with van der Waals surface area (Å²) in [6.07, 6.45) is 0. The van der Waals surface area contributed by atoms with E-state index in [0.717, 1.165) is 61.2 Å². The number of hydrogen-bond acceptors (Lipinski definition) is 4. The zero-order valence-electron chi connectivity index (χ0n) is 29.7. The van der Waals surface area contributed by atoms with Gasteiger partial charge in [-0.25, -0.2) is 4.98 Å². The van der Waals surface area contributed by atoms with Crippen molar-refractivity contribution in [2.45, 2.75) is 0 Å². The lowest BCUT2D eigenvalue weighted by molar-refractivity contribution is 0.617. The van der Waals surface area contributed by atoms with E-state index in [1.807, 2.05) is 36.4 Å². The van der Waals surface area contributed by atoms with Gasteiger partial charge in [0.25, 0.3) is 0 Å². The molecule has 11 rings (SSSR count). The molecular formula is C51H32N2O2. The average Bonchev–Trinajstić information content (AvgIpc) is 3.84.